The number of hydrogen-bond donors (Lipinski definition) is 0. The van der Waals surface area contributed by atoms with E-state index in [9.17, 15) is 18.0 Å². The summed E-state index contributed by atoms with van der Waals surface area (Å²) in [6.45, 7) is 0.178. The van der Waals surface area contributed by atoms with Crippen molar-refractivity contribution < 1.29 is 18.0 Å². The molecule has 1 heterocycles. The van der Waals surface area contributed by atoms with E-state index in [0.29, 0.717) is 12.8 Å². The molecule has 1 unspecified atom stereocenters. The monoisotopic (exact) mass is 333 g/mol. The van der Waals surface area contributed by atoms with Crippen LogP contribution in [0.3, 0.4) is 0 Å². The minimum absolute atomic E-state index is 0.178. The first-order valence-electron chi connectivity index (χ1n) is 8.00. The summed E-state index contributed by atoms with van der Waals surface area (Å²) in [4.78, 5) is 12.4. The average molecular weight is 333 g/mol. The molecule has 1 saturated heterocycles. The average Bonchev–Trinajstić information content (AvgIpc) is 2.58. The van der Waals surface area contributed by atoms with Gasteiger partial charge in [0.05, 0.1) is 6.04 Å². The molecule has 1 aromatic rings. The van der Waals surface area contributed by atoms with Gasteiger partial charge in [0.15, 0.2) is 0 Å². The molecular formula is C19H18F3NO. The van der Waals surface area contributed by atoms with Crippen molar-refractivity contribution in [2.24, 2.45) is 0 Å². The number of hydrogen-bond acceptors (Lipinski definition) is 1. The fourth-order valence-electron chi connectivity index (χ4n) is 3.02. The molecule has 3 aliphatic rings. The number of piperidine rings is 1. The van der Waals surface area contributed by atoms with Crippen molar-refractivity contribution in [2.75, 3.05) is 6.54 Å². The van der Waals surface area contributed by atoms with Gasteiger partial charge in [-0.05, 0) is 36.0 Å². The molecule has 1 aromatic carbocycles. The highest BCUT2D eigenvalue weighted by molar-refractivity contribution is 5.82. The van der Waals surface area contributed by atoms with Crippen molar-refractivity contribution in [3.63, 3.8) is 0 Å². The van der Waals surface area contributed by atoms with Crippen LogP contribution < -0.4 is 0 Å². The lowest BCUT2D eigenvalue weighted by Gasteiger charge is -2.36. The second-order valence-corrected chi connectivity index (χ2v) is 6.00. The molecule has 0 aromatic heterocycles. The quantitative estimate of drug-likeness (QED) is 0.616. The summed E-state index contributed by atoms with van der Waals surface area (Å²) in [6.07, 6.45) is -2.72. The third-order valence-corrected chi connectivity index (χ3v) is 4.41. The van der Waals surface area contributed by atoms with Gasteiger partial charge >= 0.3 is 12.1 Å². The molecule has 0 saturated carbocycles. The highest BCUT2D eigenvalue weighted by Gasteiger charge is 2.45. The molecule has 2 nitrogen and oxygen atoms in total. The van der Waals surface area contributed by atoms with Crippen LogP contribution in [0.15, 0.2) is 54.6 Å². The third-order valence-electron chi connectivity index (χ3n) is 4.41. The number of amides is 1. The summed E-state index contributed by atoms with van der Waals surface area (Å²) < 4.78 is 37.6. The van der Waals surface area contributed by atoms with E-state index in [1.807, 2.05) is 6.07 Å². The van der Waals surface area contributed by atoms with E-state index in [-0.39, 0.29) is 6.54 Å². The Labute approximate surface area is 138 Å². The number of carbonyl (C=O) groups excluding carboxylic acids is 1. The molecule has 4 rings (SSSR count). The fraction of sp³-hybridized carbons (Fsp3) is 0.316. The Morgan fingerprint density at radius 1 is 0.917 bits per heavy atom. The van der Waals surface area contributed by atoms with Crippen LogP contribution in [-0.4, -0.2) is 23.5 Å². The van der Waals surface area contributed by atoms with Crippen LogP contribution in [0, 0.1) is 0 Å². The van der Waals surface area contributed by atoms with Crippen molar-refractivity contribution in [3.05, 3.63) is 60.2 Å². The molecule has 126 valence electrons. The minimum atomic E-state index is -4.79. The van der Waals surface area contributed by atoms with Gasteiger partial charge in [-0.3, -0.25) is 4.79 Å². The molecule has 1 fully saturated rings. The van der Waals surface area contributed by atoms with E-state index in [1.54, 1.807) is 24.3 Å². The Morgan fingerprint density at radius 2 is 1.50 bits per heavy atom. The first-order chi connectivity index (χ1) is 11.5. The van der Waals surface area contributed by atoms with Gasteiger partial charge in [0.25, 0.3) is 0 Å². The zero-order chi connectivity index (χ0) is 17.2. The number of alkyl halides is 3. The SMILES string of the molecule is O=C(N1CCCCC1c1ccccc1)C(F)(F)F.c1cc2ccc1-2. The predicted molar refractivity (Wildman–Crippen MR) is 86.2 cm³/mol. The number of nitrogens with zero attached hydrogens (tertiary/aromatic N) is 1. The van der Waals surface area contributed by atoms with Crippen LogP contribution in [0.5, 0.6) is 0 Å². The number of benzene rings is 2. The lowest BCUT2D eigenvalue weighted by Crippen LogP contribution is -2.45. The van der Waals surface area contributed by atoms with Gasteiger partial charge in [0.1, 0.15) is 0 Å². The number of rotatable bonds is 1. The third kappa shape index (κ3) is 3.45. The first kappa shape index (κ1) is 16.6. The molecule has 2 aliphatic carbocycles. The highest BCUT2D eigenvalue weighted by atomic mass is 19.4. The number of carbonyl (C=O) groups is 1. The van der Waals surface area contributed by atoms with Gasteiger partial charge in [0.2, 0.25) is 0 Å². The minimum Gasteiger partial charge on any atom is -0.328 e. The lowest BCUT2D eigenvalue weighted by molar-refractivity contribution is -0.189. The smallest absolute Gasteiger partial charge is 0.328 e. The van der Waals surface area contributed by atoms with Crippen molar-refractivity contribution in [3.8, 4) is 11.1 Å². The molecule has 1 atom stereocenters. The second-order valence-electron chi connectivity index (χ2n) is 6.00. The zero-order valence-electron chi connectivity index (χ0n) is 13.1. The molecule has 0 N–H and O–H groups in total. The second kappa shape index (κ2) is 6.67. The maximum absolute atomic E-state index is 12.5. The fourth-order valence-corrected chi connectivity index (χ4v) is 3.02. The Morgan fingerprint density at radius 3 is 1.96 bits per heavy atom. The van der Waals surface area contributed by atoms with Crippen LogP contribution in [0.2, 0.25) is 0 Å². The number of halogens is 3. The van der Waals surface area contributed by atoms with Crippen LogP contribution >= 0.6 is 0 Å². The molecule has 5 heteroatoms. The molecule has 1 aliphatic heterocycles. The number of fused-ring (bicyclic) bond motifs is 1. The Hall–Kier alpha value is -2.30. The Bertz CT molecular complexity index is 674. The van der Waals surface area contributed by atoms with Crippen LogP contribution in [-0.2, 0) is 4.79 Å². The van der Waals surface area contributed by atoms with Gasteiger partial charge in [-0.25, -0.2) is 0 Å². The van der Waals surface area contributed by atoms with Crippen molar-refractivity contribution >= 4 is 5.91 Å². The van der Waals surface area contributed by atoms with Gasteiger partial charge in [-0.1, -0.05) is 54.6 Å². The van der Waals surface area contributed by atoms with Crippen molar-refractivity contribution in [1.29, 1.82) is 0 Å². The standard InChI is InChI=1S/C13H14F3NO.C6H4/c14-13(15,16)12(18)17-9-5-4-8-11(17)10-6-2-1-3-7-10;1-2-6-4-3-5(1)6/h1-3,6-7,11H,4-5,8-9H2;1-4H. The van der Waals surface area contributed by atoms with Crippen molar-refractivity contribution in [2.45, 2.75) is 31.5 Å². The Balaban J connectivity index is 0.000000231. The summed E-state index contributed by atoms with van der Waals surface area (Å²) in [5.41, 5.74) is 3.62. The maximum atomic E-state index is 12.5. The van der Waals surface area contributed by atoms with Crippen LogP contribution in [0.4, 0.5) is 13.2 Å². The first-order valence-corrected chi connectivity index (χ1v) is 8.00. The van der Waals surface area contributed by atoms with E-state index >= 15 is 0 Å². The molecule has 0 bridgehead atoms. The van der Waals surface area contributed by atoms with Gasteiger partial charge in [-0.2, -0.15) is 13.2 Å². The molecular weight excluding hydrogens is 315 g/mol. The topological polar surface area (TPSA) is 20.3 Å². The predicted octanol–water partition coefficient (Wildman–Crippen LogP) is 4.97. The molecule has 1 amide bonds. The largest absolute Gasteiger partial charge is 0.471 e. The highest BCUT2D eigenvalue weighted by Crippen LogP contribution is 2.34. The van der Waals surface area contributed by atoms with E-state index < -0.39 is 18.1 Å². The lowest BCUT2D eigenvalue weighted by atomic mass is 9.95. The number of likely N-dealkylation sites (tertiary alicyclic amines) is 1. The summed E-state index contributed by atoms with van der Waals surface area (Å²) in [7, 11) is 0. The van der Waals surface area contributed by atoms with E-state index in [4.69, 9.17) is 0 Å². The summed E-state index contributed by atoms with van der Waals surface area (Å²) >= 11 is 0. The summed E-state index contributed by atoms with van der Waals surface area (Å²) in [5, 5.41) is 0. The molecule has 0 radical (unpaired) electrons. The summed E-state index contributed by atoms with van der Waals surface area (Å²) in [6, 6.07) is 16.9. The van der Waals surface area contributed by atoms with E-state index in [0.717, 1.165) is 16.9 Å². The maximum Gasteiger partial charge on any atom is 0.471 e. The molecule has 24 heavy (non-hydrogen) atoms. The van der Waals surface area contributed by atoms with Gasteiger partial charge < -0.3 is 4.90 Å². The van der Waals surface area contributed by atoms with Gasteiger partial charge in [-0.15, -0.1) is 0 Å². The Kier molecular flexibility index (Phi) is 4.60. The zero-order valence-corrected chi connectivity index (χ0v) is 13.1. The molecule has 0 spiro atoms. The van der Waals surface area contributed by atoms with Crippen LogP contribution in [0.1, 0.15) is 30.9 Å². The summed E-state index contributed by atoms with van der Waals surface area (Å²) in [5.74, 6) is -1.73. The van der Waals surface area contributed by atoms with Gasteiger partial charge in [0, 0.05) is 6.54 Å². The normalized spacial score (nSPS) is 18.5. The van der Waals surface area contributed by atoms with Crippen LogP contribution in [0.25, 0.3) is 11.1 Å². The van der Waals surface area contributed by atoms with Crippen molar-refractivity contribution in [1.82, 2.24) is 4.90 Å². The van der Waals surface area contributed by atoms with E-state index in [2.05, 4.69) is 24.3 Å². The van der Waals surface area contributed by atoms with E-state index in [1.165, 1.54) is 11.1 Å².